The van der Waals surface area contributed by atoms with E-state index in [0.29, 0.717) is 16.9 Å². The molecule has 1 aliphatic rings. The number of nitrogens with one attached hydrogen (secondary N) is 1. The van der Waals surface area contributed by atoms with E-state index < -0.39 is 11.9 Å². The van der Waals surface area contributed by atoms with Crippen molar-refractivity contribution in [2.75, 3.05) is 27.2 Å². The van der Waals surface area contributed by atoms with Gasteiger partial charge in [0.1, 0.15) is 10.8 Å². The Balaban J connectivity index is 1.57. The summed E-state index contributed by atoms with van der Waals surface area (Å²) in [6, 6.07) is 8.03. The lowest BCUT2D eigenvalue weighted by atomic mass is 9.98. The first-order chi connectivity index (χ1) is 12.9. The number of benzene rings is 1. The van der Waals surface area contributed by atoms with Crippen molar-refractivity contribution < 1.29 is 17.9 Å². The molecule has 1 N–H and O–H groups in total. The molecule has 27 heavy (non-hydrogen) atoms. The number of halogens is 3. The van der Waals surface area contributed by atoms with Crippen molar-refractivity contribution in [1.82, 2.24) is 15.2 Å². The van der Waals surface area contributed by atoms with Crippen LogP contribution < -0.4 is 10.1 Å². The standard InChI is InChI=1S/C18H21F3N4OS/c1-22-17(23-9-16-24-15(11-27-16)18(19,20)21)25-8-7-13(10-25)12-3-5-14(26-2)6-4-12/h3-6,11,13H,7-10H2,1-2H3,(H,22,23). The first kappa shape index (κ1) is 19.5. The SMILES string of the molecule is CN=C(NCc1nc(C(F)(F)F)cs1)N1CCC(c2ccc(OC)cc2)C1. The molecule has 0 saturated carbocycles. The van der Waals surface area contributed by atoms with Gasteiger partial charge in [0, 0.05) is 31.4 Å². The third-order valence-corrected chi connectivity index (χ3v) is 5.38. The molecule has 1 atom stereocenters. The summed E-state index contributed by atoms with van der Waals surface area (Å²) in [5.41, 5.74) is 0.392. The number of hydrogen-bond donors (Lipinski definition) is 1. The maximum Gasteiger partial charge on any atom is 0.434 e. The fourth-order valence-electron chi connectivity index (χ4n) is 3.11. The summed E-state index contributed by atoms with van der Waals surface area (Å²) in [6.07, 6.45) is -3.42. The normalized spacial score (nSPS) is 18.0. The van der Waals surface area contributed by atoms with Crippen LogP contribution in [0.1, 0.15) is 28.6 Å². The van der Waals surface area contributed by atoms with Gasteiger partial charge in [0.05, 0.1) is 13.7 Å². The van der Waals surface area contributed by atoms with Crippen LogP contribution in [0.25, 0.3) is 0 Å². The van der Waals surface area contributed by atoms with E-state index >= 15 is 0 Å². The minimum absolute atomic E-state index is 0.219. The molecule has 9 heteroatoms. The molecule has 0 radical (unpaired) electrons. The molecule has 5 nitrogen and oxygen atoms in total. The lowest BCUT2D eigenvalue weighted by Gasteiger charge is -2.21. The molecule has 3 rings (SSSR count). The van der Waals surface area contributed by atoms with Crippen molar-refractivity contribution in [3.8, 4) is 5.75 Å². The van der Waals surface area contributed by atoms with Gasteiger partial charge >= 0.3 is 6.18 Å². The Labute approximate surface area is 159 Å². The Kier molecular flexibility index (Phi) is 5.88. The van der Waals surface area contributed by atoms with Crippen LogP contribution in [-0.4, -0.2) is 43.1 Å². The summed E-state index contributed by atoms with van der Waals surface area (Å²) in [6.45, 7) is 1.86. The smallest absolute Gasteiger partial charge is 0.434 e. The van der Waals surface area contributed by atoms with Crippen molar-refractivity contribution in [3.63, 3.8) is 0 Å². The number of guanidine groups is 1. The topological polar surface area (TPSA) is 49.8 Å². The minimum Gasteiger partial charge on any atom is -0.497 e. The van der Waals surface area contributed by atoms with Crippen LogP contribution in [0.2, 0.25) is 0 Å². The first-order valence-electron chi connectivity index (χ1n) is 8.52. The second-order valence-electron chi connectivity index (χ2n) is 6.23. The summed E-state index contributed by atoms with van der Waals surface area (Å²) in [5.74, 6) is 1.88. The van der Waals surface area contributed by atoms with E-state index in [1.807, 2.05) is 12.1 Å². The highest BCUT2D eigenvalue weighted by molar-refractivity contribution is 7.09. The Morgan fingerprint density at radius 1 is 1.37 bits per heavy atom. The second-order valence-corrected chi connectivity index (χ2v) is 7.17. The van der Waals surface area contributed by atoms with Crippen LogP contribution in [0.3, 0.4) is 0 Å². The van der Waals surface area contributed by atoms with Gasteiger partial charge in [0.15, 0.2) is 11.7 Å². The highest BCUT2D eigenvalue weighted by atomic mass is 32.1. The van der Waals surface area contributed by atoms with E-state index in [9.17, 15) is 13.2 Å². The van der Waals surface area contributed by atoms with Gasteiger partial charge < -0.3 is 15.0 Å². The molecule has 2 heterocycles. The Bertz CT molecular complexity index is 789. The van der Waals surface area contributed by atoms with Gasteiger partial charge in [-0.15, -0.1) is 11.3 Å². The predicted octanol–water partition coefficient (Wildman–Crippen LogP) is 3.74. The van der Waals surface area contributed by atoms with Gasteiger partial charge in [-0.25, -0.2) is 4.98 Å². The molecular weight excluding hydrogens is 377 g/mol. The van der Waals surface area contributed by atoms with E-state index in [4.69, 9.17) is 4.74 Å². The predicted molar refractivity (Wildman–Crippen MR) is 99.2 cm³/mol. The Hall–Kier alpha value is -2.29. The number of alkyl halides is 3. The van der Waals surface area contributed by atoms with Gasteiger partial charge in [0.25, 0.3) is 0 Å². The maximum absolute atomic E-state index is 12.6. The first-order valence-corrected chi connectivity index (χ1v) is 9.40. The van der Waals surface area contributed by atoms with Crippen LogP contribution in [0.5, 0.6) is 5.75 Å². The molecule has 1 saturated heterocycles. The Morgan fingerprint density at radius 2 is 2.11 bits per heavy atom. The van der Waals surface area contributed by atoms with E-state index in [-0.39, 0.29) is 6.54 Å². The van der Waals surface area contributed by atoms with Crippen molar-refractivity contribution in [2.45, 2.75) is 25.1 Å². The minimum atomic E-state index is -4.41. The average molecular weight is 398 g/mol. The zero-order valence-corrected chi connectivity index (χ0v) is 15.9. The number of nitrogens with zero attached hydrogens (tertiary/aromatic N) is 3. The Morgan fingerprint density at radius 3 is 2.70 bits per heavy atom. The zero-order valence-electron chi connectivity index (χ0n) is 15.1. The third-order valence-electron chi connectivity index (χ3n) is 4.53. The molecule has 1 unspecified atom stereocenters. The highest BCUT2D eigenvalue weighted by Gasteiger charge is 2.33. The molecule has 0 amide bonds. The van der Waals surface area contributed by atoms with Crippen LogP contribution in [0.4, 0.5) is 13.2 Å². The number of likely N-dealkylation sites (tertiary alicyclic amines) is 1. The molecule has 0 bridgehead atoms. The van der Waals surface area contributed by atoms with Gasteiger partial charge in [0.2, 0.25) is 0 Å². The lowest BCUT2D eigenvalue weighted by molar-refractivity contribution is -0.140. The number of aromatic nitrogens is 1. The monoisotopic (exact) mass is 398 g/mol. The summed E-state index contributed by atoms with van der Waals surface area (Å²) in [4.78, 5) is 10.0. The number of thiazole rings is 1. The van der Waals surface area contributed by atoms with E-state index in [1.54, 1.807) is 14.2 Å². The molecule has 0 spiro atoms. The van der Waals surface area contributed by atoms with E-state index in [1.165, 1.54) is 5.56 Å². The average Bonchev–Trinajstić information content (AvgIpc) is 3.32. The zero-order chi connectivity index (χ0) is 19.4. The third kappa shape index (κ3) is 4.71. The molecule has 1 aromatic carbocycles. The second kappa shape index (κ2) is 8.16. The molecule has 2 aromatic rings. The number of aliphatic imine (C=N–C) groups is 1. The van der Waals surface area contributed by atoms with Crippen LogP contribution in [0, 0.1) is 0 Å². The van der Waals surface area contributed by atoms with Gasteiger partial charge in [-0.2, -0.15) is 13.2 Å². The summed E-state index contributed by atoms with van der Waals surface area (Å²) >= 11 is 0.993. The molecule has 146 valence electrons. The van der Waals surface area contributed by atoms with Crippen LogP contribution in [-0.2, 0) is 12.7 Å². The van der Waals surface area contributed by atoms with Crippen LogP contribution >= 0.6 is 11.3 Å². The van der Waals surface area contributed by atoms with E-state index in [0.717, 1.165) is 42.0 Å². The molecule has 0 aliphatic carbocycles. The van der Waals surface area contributed by atoms with E-state index in [2.05, 4.69) is 32.3 Å². The summed E-state index contributed by atoms with van der Waals surface area (Å²) in [5, 5.41) is 4.54. The van der Waals surface area contributed by atoms with Crippen molar-refractivity contribution in [1.29, 1.82) is 0 Å². The van der Waals surface area contributed by atoms with Gasteiger partial charge in [-0.1, -0.05) is 12.1 Å². The van der Waals surface area contributed by atoms with Crippen molar-refractivity contribution >= 4 is 17.3 Å². The molecule has 1 aliphatic heterocycles. The number of methoxy groups -OCH3 is 1. The maximum atomic E-state index is 12.6. The van der Waals surface area contributed by atoms with Gasteiger partial charge in [-0.3, -0.25) is 4.99 Å². The number of rotatable bonds is 4. The van der Waals surface area contributed by atoms with Gasteiger partial charge in [-0.05, 0) is 24.1 Å². The lowest BCUT2D eigenvalue weighted by Crippen LogP contribution is -2.39. The highest BCUT2D eigenvalue weighted by Crippen LogP contribution is 2.30. The fourth-order valence-corrected chi connectivity index (χ4v) is 3.85. The summed E-state index contributed by atoms with van der Waals surface area (Å²) in [7, 11) is 3.31. The largest absolute Gasteiger partial charge is 0.497 e. The van der Waals surface area contributed by atoms with Crippen molar-refractivity contribution in [3.05, 3.63) is 45.9 Å². The number of hydrogen-bond acceptors (Lipinski definition) is 4. The molecule has 1 fully saturated rings. The number of ether oxygens (including phenoxy) is 1. The van der Waals surface area contributed by atoms with Crippen LogP contribution in [0.15, 0.2) is 34.6 Å². The van der Waals surface area contributed by atoms with Crippen molar-refractivity contribution in [2.24, 2.45) is 4.99 Å². The molecule has 1 aromatic heterocycles. The quantitative estimate of drug-likeness (QED) is 0.630. The summed E-state index contributed by atoms with van der Waals surface area (Å²) < 4.78 is 43.1. The molecular formula is C18H21F3N4OS. The fraction of sp³-hybridized carbons (Fsp3) is 0.444.